The molecule has 0 radical (unpaired) electrons. The Morgan fingerprint density at radius 3 is 2.55 bits per heavy atom. The molecule has 0 saturated carbocycles. The summed E-state index contributed by atoms with van der Waals surface area (Å²) in [7, 11) is 0. The van der Waals surface area contributed by atoms with Gasteiger partial charge in [-0.15, -0.1) is 0 Å². The van der Waals surface area contributed by atoms with E-state index < -0.39 is 0 Å². The van der Waals surface area contributed by atoms with Gasteiger partial charge in [0.15, 0.2) is 0 Å². The van der Waals surface area contributed by atoms with Crippen LogP contribution in [-0.4, -0.2) is 0 Å². The molecule has 0 spiro atoms. The van der Waals surface area contributed by atoms with Gasteiger partial charge in [-0.05, 0) is 30.2 Å². The fraction of sp³-hybridized carbons (Fsp3) is 0.250. The topological polar surface area (TPSA) is 12.0 Å². The Bertz CT molecular complexity index is 586. The maximum Gasteiger partial charge on any atom is 0.127 e. The molecule has 0 amide bonds. The lowest BCUT2D eigenvalue weighted by Gasteiger charge is -2.19. The number of hydrogen-bond acceptors (Lipinski definition) is 1. The van der Waals surface area contributed by atoms with E-state index in [1.54, 1.807) is 18.2 Å². The Morgan fingerprint density at radius 1 is 1.15 bits per heavy atom. The van der Waals surface area contributed by atoms with E-state index in [4.69, 9.17) is 23.2 Å². The van der Waals surface area contributed by atoms with Crippen molar-refractivity contribution in [3.05, 3.63) is 69.5 Å². The second-order valence-corrected chi connectivity index (χ2v) is 5.44. The third-order valence-electron chi connectivity index (χ3n) is 3.24. The maximum atomic E-state index is 13.6. The standard InChI is InChI=1S/C16H16Cl2FN/c1-2-16(13-8-7-12(17)9-14(13)18)20-10-11-5-3-4-6-15(11)19/h3-9,16,20H,2,10H2,1H3. The van der Waals surface area contributed by atoms with Gasteiger partial charge in [-0.2, -0.15) is 0 Å². The van der Waals surface area contributed by atoms with Gasteiger partial charge >= 0.3 is 0 Å². The molecule has 0 aliphatic carbocycles. The third kappa shape index (κ3) is 3.72. The molecule has 1 N–H and O–H groups in total. The molecule has 0 aromatic heterocycles. The zero-order valence-corrected chi connectivity index (χ0v) is 12.7. The van der Waals surface area contributed by atoms with Crippen LogP contribution in [0.2, 0.25) is 10.0 Å². The molecule has 0 fully saturated rings. The number of halogens is 3. The van der Waals surface area contributed by atoms with Crippen LogP contribution in [0.1, 0.15) is 30.5 Å². The summed E-state index contributed by atoms with van der Waals surface area (Å²) in [5, 5.41) is 4.58. The van der Waals surface area contributed by atoms with Crippen LogP contribution in [-0.2, 0) is 6.54 Å². The SMILES string of the molecule is CCC(NCc1ccccc1F)c1ccc(Cl)cc1Cl. The molecule has 1 atom stereocenters. The summed E-state index contributed by atoms with van der Waals surface area (Å²) in [6, 6.07) is 12.3. The van der Waals surface area contributed by atoms with E-state index in [0.29, 0.717) is 22.2 Å². The van der Waals surface area contributed by atoms with Gasteiger partial charge in [-0.3, -0.25) is 0 Å². The first-order chi connectivity index (χ1) is 9.61. The fourth-order valence-electron chi connectivity index (χ4n) is 2.13. The molecule has 0 aliphatic rings. The van der Waals surface area contributed by atoms with Crippen molar-refractivity contribution in [3.63, 3.8) is 0 Å². The molecule has 4 heteroatoms. The highest BCUT2D eigenvalue weighted by molar-refractivity contribution is 6.35. The Morgan fingerprint density at radius 2 is 1.90 bits per heavy atom. The molecule has 1 unspecified atom stereocenters. The Balaban J connectivity index is 2.11. The van der Waals surface area contributed by atoms with Crippen LogP contribution in [0.4, 0.5) is 4.39 Å². The van der Waals surface area contributed by atoms with Crippen LogP contribution in [0.25, 0.3) is 0 Å². The second-order valence-electron chi connectivity index (χ2n) is 4.60. The molecule has 2 aromatic carbocycles. The summed E-state index contributed by atoms with van der Waals surface area (Å²) in [4.78, 5) is 0. The Kier molecular flexibility index (Phi) is 5.41. The molecule has 2 rings (SSSR count). The van der Waals surface area contributed by atoms with Crippen LogP contribution in [0, 0.1) is 5.82 Å². The van der Waals surface area contributed by atoms with E-state index in [2.05, 4.69) is 12.2 Å². The van der Waals surface area contributed by atoms with Gasteiger partial charge in [-0.25, -0.2) is 4.39 Å². The van der Waals surface area contributed by atoms with Crippen LogP contribution < -0.4 is 5.32 Å². The van der Waals surface area contributed by atoms with Crippen molar-refractivity contribution in [2.45, 2.75) is 25.9 Å². The number of hydrogen-bond donors (Lipinski definition) is 1. The number of rotatable bonds is 5. The van der Waals surface area contributed by atoms with Crippen molar-refractivity contribution in [2.75, 3.05) is 0 Å². The van der Waals surface area contributed by atoms with Crippen LogP contribution in [0.3, 0.4) is 0 Å². The minimum Gasteiger partial charge on any atom is -0.306 e. The first-order valence-electron chi connectivity index (χ1n) is 6.53. The highest BCUT2D eigenvalue weighted by Gasteiger charge is 2.13. The highest BCUT2D eigenvalue weighted by atomic mass is 35.5. The van der Waals surface area contributed by atoms with Crippen LogP contribution in [0.5, 0.6) is 0 Å². The molecule has 0 bridgehead atoms. The van der Waals surface area contributed by atoms with E-state index >= 15 is 0 Å². The summed E-state index contributed by atoms with van der Waals surface area (Å²) in [5.41, 5.74) is 1.63. The number of benzene rings is 2. The molecule has 0 heterocycles. The highest BCUT2D eigenvalue weighted by Crippen LogP contribution is 2.28. The predicted octanol–water partition coefficient (Wildman–Crippen LogP) is 5.37. The summed E-state index contributed by atoms with van der Waals surface area (Å²) in [6.07, 6.45) is 0.857. The lowest BCUT2D eigenvalue weighted by atomic mass is 10.0. The lowest BCUT2D eigenvalue weighted by Crippen LogP contribution is -2.21. The van der Waals surface area contributed by atoms with Gasteiger partial charge in [0.2, 0.25) is 0 Å². The molecular formula is C16H16Cl2FN. The Hall–Kier alpha value is -1.09. The van der Waals surface area contributed by atoms with Crippen molar-refractivity contribution < 1.29 is 4.39 Å². The second kappa shape index (κ2) is 7.07. The smallest absolute Gasteiger partial charge is 0.127 e. The zero-order valence-electron chi connectivity index (χ0n) is 11.2. The molecule has 0 saturated heterocycles. The van der Waals surface area contributed by atoms with Gasteiger partial charge in [0.05, 0.1) is 0 Å². The average Bonchev–Trinajstić information content (AvgIpc) is 2.43. The van der Waals surface area contributed by atoms with Crippen LogP contribution >= 0.6 is 23.2 Å². The largest absolute Gasteiger partial charge is 0.306 e. The van der Waals surface area contributed by atoms with E-state index in [1.165, 1.54) is 6.07 Å². The van der Waals surface area contributed by atoms with E-state index in [9.17, 15) is 4.39 Å². The van der Waals surface area contributed by atoms with Crippen molar-refractivity contribution in [1.82, 2.24) is 5.32 Å². The third-order valence-corrected chi connectivity index (χ3v) is 3.81. The summed E-state index contributed by atoms with van der Waals surface area (Å²) in [6.45, 7) is 2.52. The van der Waals surface area contributed by atoms with Gasteiger partial charge in [0.1, 0.15) is 5.82 Å². The first-order valence-corrected chi connectivity index (χ1v) is 7.29. The molecule has 106 valence electrons. The molecular weight excluding hydrogens is 296 g/mol. The first kappa shape index (κ1) is 15.3. The number of nitrogens with one attached hydrogen (secondary N) is 1. The van der Waals surface area contributed by atoms with Crippen molar-refractivity contribution in [2.24, 2.45) is 0 Å². The van der Waals surface area contributed by atoms with Gasteiger partial charge < -0.3 is 5.32 Å². The molecule has 2 aromatic rings. The van der Waals surface area contributed by atoms with E-state index in [-0.39, 0.29) is 11.9 Å². The molecule has 0 aliphatic heterocycles. The quantitative estimate of drug-likeness (QED) is 0.782. The van der Waals surface area contributed by atoms with Crippen molar-refractivity contribution in [1.29, 1.82) is 0 Å². The normalized spacial score (nSPS) is 12.4. The van der Waals surface area contributed by atoms with Gasteiger partial charge in [0.25, 0.3) is 0 Å². The lowest BCUT2D eigenvalue weighted by molar-refractivity contribution is 0.504. The van der Waals surface area contributed by atoms with E-state index in [0.717, 1.165) is 12.0 Å². The van der Waals surface area contributed by atoms with Gasteiger partial charge in [0, 0.05) is 28.2 Å². The van der Waals surface area contributed by atoms with Crippen molar-refractivity contribution in [3.8, 4) is 0 Å². The average molecular weight is 312 g/mol. The molecule has 1 nitrogen and oxygen atoms in total. The summed E-state index contributed by atoms with van der Waals surface area (Å²) < 4.78 is 13.6. The Labute approximate surface area is 128 Å². The zero-order chi connectivity index (χ0) is 14.5. The predicted molar refractivity (Wildman–Crippen MR) is 82.7 cm³/mol. The van der Waals surface area contributed by atoms with Gasteiger partial charge in [-0.1, -0.05) is 54.4 Å². The van der Waals surface area contributed by atoms with Crippen LogP contribution in [0.15, 0.2) is 42.5 Å². The van der Waals surface area contributed by atoms with Crippen molar-refractivity contribution >= 4 is 23.2 Å². The summed E-state index contributed by atoms with van der Waals surface area (Å²) >= 11 is 12.1. The minimum absolute atomic E-state index is 0.0689. The summed E-state index contributed by atoms with van der Waals surface area (Å²) in [5.74, 6) is -0.197. The molecule has 20 heavy (non-hydrogen) atoms. The fourth-order valence-corrected chi connectivity index (χ4v) is 2.67. The minimum atomic E-state index is -0.197. The van der Waals surface area contributed by atoms with E-state index in [1.807, 2.05) is 18.2 Å². The maximum absolute atomic E-state index is 13.6. The monoisotopic (exact) mass is 311 g/mol.